The van der Waals surface area contributed by atoms with Crippen molar-refractivity contribution in [2.45, 2.75) is 13.5 Å². The maximum atomic E-state index is 13.4. The molecule has 0 aliphatic heterocycles. The molecule has 3 N–H and O–H groups in total. The minimum Gasteiger partial charge on any atom is -0.392 e. The van der Waals surface area contributed by atoms with Gasteiger partial charge in [0.2, 0.25) is 5.91 Å². The Bertz CT molecular complexity index is 692. The van der Waals surface area contributed by atoms with Crippen LogP contribution < -0.4 is 10.6 Å². The molecule has 2 aromatic rings. The van der Waals surface area contributed by atoms with Gasteiger partial charge in [-0.25, -0.2) is 4.39 Å². The molecule has 0 bridgehead atoms. The number of hydrogen-bond acceptors (Lipinski definition) is 3. The summed E-state index contributed by atoms with van der Waals surface area (Å²) in [6, 6.07) is 9.51. The Morgan fingerprint density at radius 3 is 2.73 bits per heavy atom. The van der Waals surface area contributed by atoms with Gasteiger partial charge >= 0.3 is 0 Å². The van der Waals surface area contributed by atoms with Crippen LogP contribution in [-0.2, 0) is 11.4 Å². The third kappa shape index (κ3) is 4.19. The van der Waals surface area contributed by atoms with Crippen molar-refractivity contribution in [3.8, 4) is 0 Å². The molecule has 4 nitrogen and oxygen atoms in total. The lowest BCUT2D eigenvalue weighted by molar-refractivity contribution is -0.114. The Morgan fingerprint density at radius 2 is 2.05 bits per heavy atom. The topological polar surface area (TPSA) is 61.4 Å². The second kappa shape index (κ2) is 7.24. The number of carbonyl (C=O) groups excluding carboxylic acids is 1. The molecular formula is C16H16ClFN2O2. The van der Waals surface area contributed by atoms with Crippen LogP contribution in [-0.4, -0.2) is 17.6 Å². The molecule has 1 amide bonds. The van der Waals surface area contributed by atoms with E-state index in [-0.39, 0.29) is 24.9 Å². The van der Waals surface area contributed by atoms with Crippen molar-refractivity contribution >= 4 is 28.9 Å². The van der Waals surface area contributed by atoms with Crippen molar-refractivity contribution in [3.05, 3.63) is 58.4 Å². The number of amides is 1. The highest BCUT2D eigenvalue weighted by Crippen LogP contribution is 2.23. The molecule has 2 aromatic carbocycles. The van der Waals surface area contributed by atoms with Crippen molar-refractivity contribution in [2.24, 2.45) is 0 Å². The summed E-state index contributed by atoms with van der Waals surface area (Å²) >= 11 is 6.01. The van der Waals surface area contributed by atoms with Crippen molar-refractivity contribution < 1.29 is 14.3 Å². The van der Waals surface area contributed by atoms with E-state index in [0.717, 1.165) is 0 Å². The summed E-state index contributed by atoms with van der Waals surface area (Å²) < 4.78 is 13.4. The number of carbonyl (C=O) groups is 1. The number of halogens is 2. The normalized spacial score (nSPS) is 10.4. The number of nitrogens with one attached hydrogen (secondary N) is 2. The van der Waals surface area contributed by atoms with Crippen LogP contribution in [0.15, 0.2) is 36.4 Å². The van der Waals surface area contributed by atoms with E-state index in [9.17, 15) is 9.18 Å². The second-order valence-electron chi connectivity index (χ2n) is 4.84. The Morgan fingerprint density at radius 1 is 1.27 bits per heavy atom. The summed E-state index contributed by atoms with van der Waals surface area (Å²) in [5.41, 5.74) is 2.15. The molecule has 0 heterocycles. The first kappa shape index (κ1) is 16.3. The molecule has 116 valence electrons. The van der Waals surface area contributed by atoms with Crippen LogP contribution in [0.1, 0.15) is 11.1 Å². The molecule has 0 saturated heterocycles. The standard InChI is InChI=1S/C16H16ClFN2O2/c1-10-2-4-12(7-14(10)18)20-16(22)8-19-15-6-11(9-21)3-5-13(15)17/h2-7,19,21H,8-9H2,1H3,(H,20,22). The van der Waals surface area contributed by atoms with Gasteiger partial charge in [-0.3, -0.25) is 4.79 Å². The van der Waals surface area contributed by atoms with Crippen LogP contribution in [0, 0.1) is 12.7 Å². The average molecular weight is 323 g/mol. The van der Waals surface area contributed by atoms with E-state index in [4.69, 9.17) is 16.7 Å². The van der Waals surface area contributed by atoms with Gasteiger partial charge in [-0.2, -0.15) is 0 Å². The Balaban J connectivity index is 1.96. The van der Waals surface area contributed by atoms with Crippen molar-refractivity contribution in [2.75, 3.05) is 17.2 Å². The number of aliphatic hydroxyl groups is 1. The lowest BCUT2D eigenvalue weighted by atomic mass is 10.2. The molecule has 0 spiro atoms. The smallest absolute Gasteiger partial charge is 0.243 e. The molecule has 0 aromatic heterocycles. The molecule has 2 rings (SSSR count). The van der Waals surface area contributed by atoms with Gasteiger partial charge in [0.05, 0.1) is 23.9 Å². The summed E-state index contributed by atoms with van der Waals surface area (Å²) in [5, 5.41) is 15.0. The third-order valence-corrected chi connectivity index (χ3v) is 3.44. The van der Waals surface area contributed by atoms with Crippen LogP contribution in [0.3, 0.4) is 0 Å². The fourth-order valence-corrected chi connectivity index (χ4v) is 2.04. The van der Waals surface area contributed by atoms with E-state index < -0.39 is 0 Å². The highest BCUT2D eigenvalue weighted by molar-refractivity contribution is 6.33. The monoisotopic (exact) mass is 322 g/mol. The van der Waals surface area contributed by atoms with Gasteiger partial charge in [-0.15, -0.1) is 0 Å². The summed E-state index contributed by atoms with van der Waals surface area (Å²) in [6.45, 7) is 1.52. The van der Waals surface area contributed by atoms with Gasteiger partial charge in [0, 0.05) is 5.69 Å². The van der Waals surface area contributed by atoms with Crippen LogP contribution in [0.25, 0.3) is 0 Å². The lowest BCUT2D eigenvalue weighted by Crippen LogP contribution is -2.22. The molecule has 0 fully saturated rings. The van der Waals surface area contributed by atoms with Crippen molar-refractivity contribution in [1.29, 1.82) is 0 Å². The van der Waals surface area contributed by atoms with E-state index >= 15 is 0 Å². The van der Waals surface area contributed by atoms with Crippen molar-refractivity contribution in [3.63, 3.8) is 0 Å². The Labute approximate surface area is 132 Å². The summed E-state index contributed by atoms with van der Waals surface area (Å²) in [6.07, 6.45) is 0. The van der Waals surface area contributed by atoms with Gasteiger partial charge in [0.25, 0.3) is 0 Å². The third-order valence-electron chi connectivity index (χ3n) is 3.11. The quantitative estimate of drug-likeness (QED) is 0.791. The Kier molecular flexibility index (Phi) is 5.35. The Hall–Kier alpha value is -2.11. The predicted molar refractivity (Wildman–Crippen MR) is 85.6 cm³/mol. The first-order valence-corrected chi connectivity index (χ1v) is 7.06. The molecule has 22 heavy (non-hydrogen) atoms. The molecule has 0 unspecified atom stereocenters. The van der Waals surface area contributed by atoms with Gasteiger partial charge in [-0.1, -0.05) is 23.7 Å². The first-order valence-electron chi connectivity index (χ1n) is 6.69. The number of benzene rings is 2. The second-order valence-corrected chi connectivity index (χ2v) is 5.25. The molecule has 0 aliphatic carbocycles. The zero-order chi connectivity index (χ0) is 16.1. The fourth-order valence-electron chi connectivity index (χ4n) is 1.86. The maximum Gasteiger partial charge on any atom is 0.243 e. The molecular weight excluding hydrogens is 307 g/mol. The molecule has 0 saturated carbocycles. The van der Waals surface area contributed by atoms with E-state index in [1.54, 1.807) is 37.3 Å². The van der Waals surface area contributed by atoms with Gasteiger partial charge < -0.3 is 15.7 Å². The summed E-state index contributed by atoms with van der Waals surface area (Å²) in [4.78, 5) is 11.9. The summed E-state index contributed by atoms with van der Waals surface area (Å²) in [5.74, 6) is -0.696. The average Bonchev–Trinajstić information content (AvgIpc) is 2.50. The van der Waals surface area contributed by atoms with E-state index in [1.165, 1.54) is 6.07 Å². The van der Waals surface area contributed by atoms with Crippen LogP contribution in [0.5, 0.6) is 0 Å². The SMILES string of the molecule is Cc1ccc(NC(=O)CNc2cc(CO)ccc2Cl)cc1F. The van der Waals surface area contributed by atoms with Gasteiger partial charge in [0.15, 0.2) is 0 Å². The fraction of sp³-hybridized carbons (Fsp3) is 0.188. The molecule has 0 atom stereocenters. The first-order chi connectivity index (χ1) is 10.5. The number of aryl methyl sites for hydroxylation is 1. The highest BCUT2D eigenvalue weighted by atomic mass is 35.5. The van der Waals surface area contributed by atoms with Crippen LogP contribution >= 0.6 is 11.6 Å². The number of rotatable bonds is 5. The van der Waals surface area contributed by atoms with Crippen LogP contribution in [0.4, 0.5) is 15.8 Å². The van der Waals surface area contributed by atoms with E-state index in [2.05, 4.69) is 10.6 Å². The molecule has 0 radical (unpaired) electrons. The zero-order valence-corrected chi connectivity index (χ0v) is 12.7. The predicted octanol–water partition coefficient (Wildman–Crippen LogP) is 3.33. The molecule has 6 heteroatoms. The summed E-state index contributed by atoms with van der Waals surface area (Å²) in [7, 11) is 0. The number of aliphatic hydroxyl groups excluding tert-OH is 1. The highest BCUT2D eigenvalue weighted by Gasteiger charge is 2.07. The van der Waals surface area contributed by atoms with Gasteiger partial charge in [-0.05, 0) is 42.3 Å². The van der Waals surface area contributed by atoms with E-state index in [1.807, 2.05) is 0 Å². The largest absolute Gasteiger partial charge is 0.392 e. The van der Waals surface area contributed by atoms with Gasteiger partial charge in [0.1, 0.15) is 5.82 Å². The lowest BCUT2D eigenvalue weighted by Gasteiger charge is -2.10. The maximum absolute atomic E-state index is 13.4. The zero-order valence-electron chi connectivity index (χ0n) is 12.0. The number of anilines is 2. The minimum absolute atomic E-state index is 0.0237. The van der Waals surface area contributed by atoms with E-state index in [0.29, 0.717) is 27.5 Å². The molecule has 0 aliphatic rings. The van der Waals surface area contributed by atoms with Crippen LogP contribution in [0.2, 0.25) is 5.02 Å². The number of hydrogen-bond donors (Lipinski definition) is 3. The minimum atomic E-state index is -0.371. The van der Waals surface area contributed by atoms with Crippen molar-refractivity contribution in [1.82, 2.24) is 0 Å².